The van der Waals surface area contributed by atoms with Gasteiger partial charge in [-0.1, -0.05) is 74.5 Å². The summed E-state index contributed by atoms with van der Waals surface area (Å²) in [5.41, 5.74) is 12.5. The molecule has 2 atom stereocenters. The molecule has 8 rings (SSSR count). The molecule has 6 nitrogen and oxygen atoms in total. The van der Waals surface area contributed by atoms with Crippen molar-refractivity contribution in [2.75, 3.05) is 26.2 Å². The number of ether oxygens (including phenoxy) is 2. The van der Waals surface area contributed by atoms with Crippen LogP contribution in [0.4, 0.5) is 0 Å². The molecule has 2 heterocycles. The fourth-order valence-electron chi connectivity index (χ4n) is 9.08. The van der Waals surface area contributed by atoms with Crippen LogP contribution in [-0.4, -0.2) is 47.9 Å². The predicted octanol–water partition coefficient (Wildman–Crippen LogP) is 8.43. The number of hydrogen-bond acceptors (Lipinski definition) is 6. The first-order valence-corrected chi connectivity index (χ1v) is 18.4. The molecule has 0 radical (unpaired) electrons. The van der Waals surface area contributed by atoms with Crippen molar-refractivity contribution in [3.05, 3.63) is 106 Å². The Hall–Kier alpha value is -4.26. The third-order valence-electron chi connectivity index (χ3n) is 11.1. The summed E-state index contributed by atoms with van der Waals surface area (Å²) in [6, 6.07) is 26.0. The van der Waals surface area contributed by atoms with Crippen LogP contribution in [0.25, 0.3) is 22.3 Å². The molecule has 0 saturated carbocycles. The van der Waals surface area contributed by atoms with Crippen molar-refractivity contribution in [3.63, 3.8) is 0 Å². The Labute approximate surface area is 290 Å². The highest BCUT2D eigenvalue weighted by atomic mass is 16.5. The van der Waals surface area contributed by atoms with Gasteiger partial charge < -0.3 is 9.47 Å². The Balaban J connectivity index is 0.940. The number of nitrogens with zero attached hydrogens (tertiary/aromatic N) is 2. The minimum Gasteiger partial charge on any atom is -0.426 e. The van der Waals surface area contributed by atoms with Crippen LogP contribution in [0.15, 0.2) is 72.8 Å². The van der Waals surface area contributed by atoms with Gasteiger partial charge in [-0.25, -0.2) is 0 Å². The molecule has 2 aliphatic carbocycles. The van der Waals surface area contributed by atoms with Crippen molar-refractivity contribution in [1.82, 2.24) is 9.80 Å². The number of carbonyl (C=O) groups is 2. The summed E-state index contributed by atoms with van der Waals surface area (Å²) < 4.78 is 12.1. The van der Waals surface area contributed by atoms with Crippen molar-refractivity contribution in [3.8, 4) is 33.8 Å². The van der Waals surface area contributed by atoms with Crippen LogP contribution in [0, 0.1) is 0 Å². The molecule has 0 saturated heterocycles. The lowest BCUT2D eigenvalue weighted by Gasteiger charge is -2.41. The quantitative estimate of drug-likeness (QED) is 0.126. The highest BCUT2D eigenvalue weighted by Gasteiger charge is 2.37. The number of carbonyl (C=O) groups excluding carboxylic acids is 2. The summed E-state index contributed by atoms with van der Waals surface area (Å²) in [5, 5.41) is 0. The van der Waals surface area contributed by atoms with Gasteiger partial charge >= 0.3 is 11.9 Å². The molecule has 0 spiro atoms. The molecule has 2 aliphatic heterocycles. The molecule has 6 heteroatoms. The number of esters is 2. The van der Waals surface area contributed by atoms with Crippen LogP contribution in [0.2, 0.25) is 0 Å². The largest absolute Gasteiger partial charge is 0.426 e. The van der Waals surface area contributed by atoms with Gasteiger partial charge in [0.15, 0.2) is 0 Å². The van der Waals surface area contributed by atoms with Crippen LogP contribution >= 0.6 is 0 Å². The zero-order chi connectivity index (χ0) is 33.5. The molecular formula is C43H46N2O4. The van der Waals surface area contributed by atoms with Gasteiger partial charge in [0.05, 0.1) is 0 Å². The molecule has 4 aliphatic rings. The first-order chi connectivity index (χ1) is 24.0. The fraction of sp³-hybridized carbons (Fsp3) is 0.395. The average molecular weight is 655 g/mol. The normalized spacial score (nSPS) is 18.9. The third-order valence-corrected chi connectivity index (χ3v) is 11.1. The van der Waals surface area contributed by atoms with Gasteiger partial charge in [-0.05, 0) is 115 Å². The molecule has 0 aromatic heterocycles. The van der Waals surface area contributed by atoms with Crippen molar-refractivity contribution in [2.45, 2.75) is 83.7 Å². The maximum absolute atomic E-state index is 13.2. The van der Waals surface area contributed by atoms with Crippen LogP contribution in [0.3, 0.4) is 0 Å². The van der Waals surface area contributed by atoms with Crippen molar-refractivity contribution in [2.24, 2.45) is 0 Å². The maximum atomic E-state index is 13.2. The summed E-state index contributed by atoms with van der Waals surface area (Å²) in [7, 11) is 0. The van der Waals surface area contributed by atoms with E-state index in [0.717, 1.165) is 75.8 Å². The number of hydrogen-bond donors (Lipinski definition) is 0. The topological polar surface area (TPSA) is 59.1 Å². The first-order valence-electron chi connectivity index (χ1n) is 18.4. The number of benzene rings is 4. The van der Waals surface area contributed by atoms with E-state index < -0.39 is 0 Å². The monoisotopic (exact) mass is 654 g/mol. The van der Waals surface area contributed by atoms with Crippen LogP contribution < -0.4 is 9.47 Å². The SMILES string of the molecule is CCCN1CCc2cccc3c2[C@H]1Cc1cccc(OC(=O)CCCC(=O)Oc2cccc4c2-c2cccc5c2[C@@H](C4)N(CCC)CC5)c1-3. The molecule has 4 aromatic carbocycles. The van der Waals surface area contributed by atoms with Gasteiger partial charge in [0, 0.05) is 49.1 Å². The maximum Gasteiger partial charge on any atom is 0.311 e. The van der Waals surface area contributed by atoms with Gasteiger partial charge in [-0.3, -0.25) is 19.4 Å². The highest BCUT2D eigenvalue weighted by Crippen LogP contribution is 2.50. The Bertz CT molecular complexity index is 1780. The second-order valence-electron chi connectivity index (χ2n) is 14.2. The summed E-state index contributed by atoms with van der Waals surface area (Å²) in [4.78, 5) is 31.6. The van der Waals surface area contributed by atoms with Crippen LogP contribution in [-0.2, 0) is 35.3 Å². The van der Waals surface area contributed by atoms with Crippen molar-refractivity contribution in [1.29, 1.82) is 0 Å². The van der Waals surface area contributed by atoms with Gasteiger partial charge in [-0.15, -0.1) is 0 Å². The minimum atomic E-state index is -0.323. The third kappa shape index (κ3) is 5.89. The van der Waals surface area contributed by atoms with Gasteiger partial charge in [0.2, 0.25) is 0 Å². The van der Waals surface area contributed by atoms with E-state index in [-0.39, 0.29) is 24.8 Å². The standard InChI is InChI=1S/C43H46N2O4/c1-3-22-44-24-20-28-10-5-14-32-40(28)34(44)26-30-12-7-16-36(42(30)32)48-38(46)18-9-19-39(47)49-37-17-8-13-31-27-35-41-29(21-25-45(35)23-4-2)11-6-15-33(41)43(31)37/h5-8,10-17,34-35H,3-4,9,18-27H2,1-2H3/t34-,35-/m1/s1. The van der Waals surface area contributed by atoms with E-state index in [0.29, 0.717) is 30.0 Å². The molecule has 49 heavy (non-hydrogen) atoms. The molecule has 0 amide bonds. The molecule has 4 aromatic rings. The van der Waals surface area contributed by atoms with Crippen molar-refractivity contribution < 1.29 is 19.1 Å². The molecule has 252 valence electrons. The van der Waals surface area contributed by atoms with Gasteiger partial charge in [0.1, 0.15) is 11.5 Å². The Morgan fingerprint density at radius 1 is 0.612 bits per heavy atom. The average Bonchev–Trinajstić information content (AvgIpc) is 3.11. The minimum absolute atomic E-state index is 0.145. The molecule has 0 bridgehead atoms. The number of fused-ring (bicyclic) bond motifs is 4. The zero-order valence-electron chi connectivity index (χ0n) is 28.8. The Kier molecular flexibility index (Phi) is 8.85. The smallest absolute Gasteiger partial charge is 0.311 e. The molecule has 0 fully saturated rings. The van der Waals surface area contributed by atoms with Crippen LogP contribution in [0.1, 0.15) is 91.4 Å². The highest BCUT2D eigenvalue weighted by molar-refractivity contribution is 5.85. The Morgan fingerprint density at radius 2 is 1.04 bits per heavy atom. The zero-order valence-corrected chi connectivity index (χ0v) is 28.8. The molecule has 0 unspecified atom stereocenters. The second-order valence-corrected chi connectivity index (χ2v) is 14.2. The first kappa shape index (κ1) is 32.0. The van der Waals surface area contributed by atoms with Gasteiger partial charge in [-0.2, -0.15) is 0 Å². The lowest BCUT2D eigenvalue weighted by atomic mass is 9.77. The number of rotatable bonds is 10. The van der Waals surface area contributed by atoms with Crippen LogP contribution in [0.5, 0.6) is 11.5 Å². The fourth-order valence-corrected chi connectivity index (χ4v) is 9.08. The van der Waals surface area contributed by atoms with E-state index in [2.05, 4.69) is 72.2 Å². The van der Waals surface area contributed by atoms with E-state index >= 15 is 0 Å². The Morgan fingerprint density at radius 3 is 1.49 bits per heavy atom. The summed E-state index contributed by atoms with van der Waals surface area (Å²) in [6.07, 6.45) is 6.85. The summed E-state index contributed by atoms with van der Waals surface area (Å²) in [6.45, 7) is 8.83. The van der Waals surface area contributed by atoms with E-state index in [1.54, 1.807) is 0 Å². The second kappa shape index (κ2) is 13.6. The van der Waals surface area contributed by atoms with E-state index in [1.807, 2.05) is 24.3 Å². The van der Waals surface area contributed by atoms with Crippen molar-refractivity contribution >= 4 is 11.9 Å². The van der Waals surface area contributed by atoms with E-state index in [4.69, 9.17) is 9.47 Å². The lowest BCUT2D eigenvalue weighted by Crippen LogP contribution is -2.38. The van der Waals surface area contributed by atoms with E-state index in [1.165, 1.54) is 44.5 Å². The molecular weight excluding hydrogens is 608 g/mol. The summed E-state index contributed by atoms with van der Waals surface area (Å²) >= 11 is 0. The summed E-state index contributed by atoms with van der Waals surface area (Å²) in [5.74, 6) is 0.581. The molecule has 0 N–H and O–H groups in total. The van der Waals surface area contributed by atoms with Gasteiger partial charge in [0.25, 0.3) is 0 Å². The predicted molar refractivity (Wildman–Crippen MR) is 193 cm³/mol. The van der Waals surface area contributed by atoms with E-state index in [9.17, 15) is 9.59 Å². The lowest BCUT2D eigenvalue weighted by molar-refractivity contribution is -0.136.